The highest BCUT2D eigenvalue weighted by atomic mass is 19.3. The van der Waals surface area contributed by atoms with Gasteiger partial charge in [-0.3, -0.25) is 4.57 Å². The second kappa shape index (κ2) is 4.69. The van der Waals surface area contributed by atoms with Crippen molar-refractivity contribution in [2.75, 3.05) is 0 Å². The topological polar surface area (TPSA) is 17.0 Å². The van der Waals surface area contributed by atoms with Gasteiger partial charge < -0.3 is 5.32 Å². The zero-order chi connectivity index (χ0) is 13.3. The molecule has 0 saturated heterocycles. The SMILES string of the molecule is CC(C)(C)NCc1cccc2c1ccn2C(F)F. The van der Waals surface area contributed by atoms with Crippen molar-refractivity contribution in [1.29, 1.82) is 0 Å². The van der Waals surface area contributed by atoms with Crippen molar-refractivity contribution in [2.24, 2.45) is 0 Å². The molecule has 1 aromatic heterocycles. The van der Waals surface area contributed by atoms with Crippen molar-refractivity contribution in [1.82, 2.24) is 9.88 Å². The lowest BCUT2D eigenvalue weighted by atomic mass is 10.1. The molecule has 4 heteroatoms. The molecule has 2 nitrogen and oxygen atoms in total. The quantitative estimate of drug-likeness (QED) is 0.876. The number of hydrogen-bond donors (Lipinski definition) is 1. The van der Waals surface area contributed by atoms with Crippen LogP contribution < -0.4 is 5.32 Å². The molecule has 0 aliphatic carbocycles. The molecular formula is C14H18F2N2. The Labute approximate surface area is 106 Å². The van der Waals surface area contributed by atoms with Gasteiger partial charge in [-0.25, -0.2) is 0 Å². The van der Waals surface area contributed by atoms with Gasteiger partial charge in [-0.1, -0.05) is 12.1 Å². The largest absolute Gasteiger partial charge is 0.319 e. The van der Waals surface area contributed by atoms with Gasteiger partial charge in [0.15, 0.2) is 0 Å². The van der Waals surface area contributed by atoms with E-state index >= 15 is 0 Å². The summed E-state index contributed by atoms with van der Waals surface area (Å²) in [6, 6.07) is 7.26. The first kappa shape index (κ1) is 13.0. The van der Waals surface area contributed by atoms with Crippen molar-refractivity contribution >= 4 is 10.9 Å². The van der Waals surface area contributed by atoms with Crippen molar-refractivity contribution in [3.63, 3.8) is 0 Å². The molecule has 0 radical (unpaired) electrons. The van der Waals surface area contributed by atoms with Crippen LogP contribution in [-0.4, -0.2) is 10.1 Å². The maximum atomic E-state index is 12.8. The third-order valence-corrected chi connectivity index (χ3v) is 2.87. The maximum absolute atomic E-state index is 12.8. The van der Waals surface area contributed by atoms with E-state index in [0.29, 0.717) is 12.1 Å². The van der Waals surface area contributed by atoms with Crippen molar-refractivity contribution < 1.29 is 8.78 Å². The summed E-state index contributed by atoms with van der Waals surface area (Å²) in [5, 5.41) is 4.26. The van der Waals surface area contributed by atoms with E-state index in [2.05, 4.69) is 26.1 Å². The van der Waals surface area contributed by atoms with Gasteiger partial charge in [0, 0.05) is 23.7 Å². The van der Waals surface area contributed by atoms with Gasteiger partial charge in [-0.15, -0.1) is 0 Å². The number of nitrogens with zero attached hydrogens (tertiary/aromatic N) is 1. The van der Waals surface area contributed by atoms with Gasteiger partial charge in [-0.2, -0.15) is 8.78 Å². The Kier molecular flexibility index (Phi) is 3.39. The minimum atomic E-state index is -2.49. The van der Waals surface area contributed by atoms with E-state index in [0.717, 1.165) is 15.5 Å². The van der Waals surface area contributed by atoms with Crippen molar-refractivity contribution in [3.8, 4) is 0 Å². The number of benzene rings is 1. The summed E-state index contributed by atoms with van der Waals surface area (Å²) >= 11 is 0. The van der Waals surface area contributed by atoms with Gasteiger partial charge in [0.1, 0.15) is 0 Å². The van der Waals surface area contributed by atoms with Crippen LogP contribution in [0.15, 0.2) is 30.5 Å². The van der Waals surface area contributed by atoms with Crippen LogP contribution in [0.25, 0.3) is 10.9 Å². The number of aromatic nitrogens is 1. The maximum Gasteiger partial charge on any atom is 0.319 e. The average molecular weight is 252 g/mol. The highest BCUT2D eigenvalue weighted by molar-refractivity contribution is 5.83. The van der Waals surface area contributed by atoms with Crippen LogP contribution in [0.1, 0.15) is 32.9 Å². The minimum Gasteiger partial charge on any atom is -0.308 e. The van der Waals surface area contributed by atoms with Gasteiger partial charge >= 0.3 is 6.55 Å². The standard InChI is InChI=1S/C14H18F2N2/c1-14(2,3)17-9-10-5-4-6-12-11(10)7-8-18(12)13(15)16/h4-8,13,17H,9H2,1-3H3. The van der Waals surface area contributed by atoms with Crippen LogP contribution in [0.2, 0.25) is 0 Å². The van der Waals surface area contributed by atoms with Gasteiger partial charge in [0.05, 0.1) is 5.52 Å². The Hall–Kier alpha value is -1.42. The van der Waals surface area contributed by atoms with E-state index in [1.807, 2.05) is 12.1 Å². The molecule has 1 N–H and O–H groups in total. The van der Waals surface area contributed by atoms with E-state index in [4.69, 9.17) is 0 Å². The van der Waals surface area contributed by atoms with E-state index in [1.165, 1.54) is 6.20 Å². The monoisotopic (exact) mass is 252 g/mol. The van der Waals surface area contributed by atoms with E-state index in [9.17, 15) is 8.78 Å². The summed E-state index contributed by atoms with van der Waals surface area (Å²) in [5.74, 6) is 0. The van der Waals surface area contributed by atoms with Gasteiger partial charge in [0.25, 0.3) is 0 Å². The number of alkyl halides is 2. The Morgan fingerprint density at radius 2 is 1.94 bits per heavy atom. The summed E-state index contributed by atoms with van der Waals surface area (Å²) in [4.78, 5) is 0. The number of nitrogens with one attached hydrogen (secondary N) is 1. The van der Waals surface area contributed by atoms with Crippen LogP contribution >= 0.6 is 0 Å². The third-order valence-electron chi connectivity index (χ3n) is 2.87. The fraction of sp³-hybridized carbons (Fsp3) is 0.429. The lowest BCUT2D eigenvalue weighted by molar-refractivity contribution is 0.0752. The minimum absolute atomic E-state index is 0.00739. The molecule has 2 rings (SSSR count). The molecule has 0 spiro atoms. The van der Waals surface area contributed by atoms with Gasteiger partial charge in [-0.05, 0) is 38.5 Å². The Balaban J connectivity index is 2.35. The first-order chi connectivity index (χ1) is 8.38. The molecule has 0 saturated carbocycles. The first-order valence-corrected chi connectivity index (χ1v) is 6.00. The second-order valence-corrected chi connectivity index (χ2v) is 5.45. The second-order valence-electron chi connectivity index (χ2n) is 5.45. The van der Waals surface area contributed by atoms with Crippen molar-refractivity contribution in [2.45, 2.75) is 39.4 Å². The highest BCUT2D eigenvalue weighted by Crippen LogP contribution is 2.25. The molecule has 1 heterocycles. The van der Waals surface area contributed by atoms with Crippen LogP contribution in [0.3, 0.4) is 0 Å². The van der Waals surface area contributed by atoms with Crippen LogP contribution in [0.4, 0.5) is 8.78 Å². The molecule has 0 aliphatic rings. The molecule has 1 aromatic carbocycles. The number of hydrogen-bond acceptors (Lipinski definition) is 1. The summed E-state index contributed by atoms with van der Waals surface area (Å²) in [5.41, 5.74) is 1.63. The lowest BCUT2D eigenvalue weighted by Crippen LogP contribution is -2.35. The summed E-state index contributed by atoms with van der Waals surface area (Å²) in [6.07, 6.45) is 1.44. The zero-order valence-electron chi connectivity index (χ0n) is 10.9. The first-order valence-electron chi connectivity index (χ1n) is 6.00. The van der Waals surface area contributed by atoms with Crippen LogP contribution in [0.5, 0.6) is 0 Å². The molecule has 0 aliphatic heterocycles. The predicted molar refractivity (Wildman–Crippen MR) is 69.8 cm³/mol. The molecule has 18 heavy (non-hydrogen) atoms. The Bertz CT molecular complexity index is 538. The highest BCUT2D eigenvalue weighted by Gasteiger charge is 2.13. The molecule has 0 amide bonds. The Morgan fingerprint density at radius 1 is 1.22 bits per heavy atom. The number of fused-ring (bicyclic) bond motifs is 1. The number of halogens is 2. The Morgan fingerprint density at radius 3 is 2.56 bits per heavy atom. The van der Waals surface area contributed by atoms with E-state index < -0.39 is 6.55 Å². The fourth-order valence-electron chi connectivity index (χ4n) is 1.94. The molecule has 0 bridgehead atoms. The van der Waals surface area contributed by atoms with Crippen LogP contribution in [0, 0.1) is 0 Å². The molecule has 0 unspecified atom stereocenters. The summed E-state index contributed by atoms with van der Waals surface area (Å²) in [7, 11) is 0. The molecule has 2 aromatic rings. The van der Waals surface area contributed by atoms with E-state index in [-0.39, 0.29) is 5.54 Å². The van der Waals surface area contributed by atoms with Crippen LogP contribution in [-0.2, 0) is 6.54 Å². The predicted octanol–water partition coefficient (Wildman–Crippen LogP) is 3.92. The molecule has 0 atom stereocenters. The molecule has 98 valence electrons. The summed E-state index contributed by atoms with van der Waals surface area (Å²) < 4.78 is 26.6. The van der Waals surface area contributed by atoms with Crippen molar-refractivity contribution in [3.05, 3.63) is 36.0 Å². The van der Waals surface area contributed by atoms with E-state index in [1.54, 1.807) is 12.1 Å². The van der Waals surface area contributed by atoms with Gasteiger partial charge in [0.2, 0.25) is 0 Å². The summed E-state index contributed by atoms with van der Waals surface area (Å²) in [6.45, 7) is 4.42. The normalized spacial score (nSPS) is 12.6. The smallest absolute Gasteiger partial charge is 0.308 e. The molecular weight excluding hydrogens is 234 g/mol. The third kappa shape index (κ3) is 2.70. The molecule has 0 fully saturated rings. The zero-order valence-corrected chi connectivity index (χ0v) is 10.9. The lowest BCUT2D eigenvalue weighted by Gasteiger charge is -2.20. The number of rotatable bonds is 3. The average Bonchev–Trinajstić information content (AvgIpc) is 2.69. The fourth-order valence-corrected chi connectivity index (χ4v) is 1.94.